The maximum Gasteiger partial charge on any atom is 0.329 e. The predicted molar refractivity (Wildman–Crippen MR) is 77.0 cm³/mol. The van der Waals surface area contributed by atoms with Crippen LogP contribution in [0.3, 0.4) is 0 Å². The number of pyridine rings is 1. The lowest BCUT2D eigenvalue weighted by atomic mass is 9.98. The van der Waals surface area contributed by atoms with Crippen LogP contribution in [0.15, 0.2) is 12.3 Å². The van der Waals surface area contributed by atoms with Gasteiger partial charge in [0.15, 0.2) is 0 Å². The molecule has 2 bridgehead atoms. The molecule has 0 radical (unpaired) electrons. The Hall–Kier alpha value is -2.20. The molecule has 7 heteroatoms. The normalized spacial score (nSPS) is 27.1. The SMILES string of the molecule is CN(c1nccc(C#N)c1[N+](=O)[O-])C1CC2CCC(C1)N2. The summed E-state index contributed by atoms with van der Waals surface area (Å²) in [5, 5.41) is 23.9. The lowest BCUT2D eigenvalue weighted by molar-refractivity contribution is -0.384. The van der Waals surface area contributed by atoms with Crippen molar-refractivity contribution in [2.45, 2.75) is 43.8 Å². The zero-order valence-electron chi connectivity index (χ0n) is 11.8. The maximum absolute atomic E-state index is 11.3. The van der Waals surface area contributed by atoms with Gasteiger partial charge in [-0.15, -0.1) is 0 Å². The van der Waals surface area contributed by atoms with Crippen LogP contribution in [0.1, 0.15) is 31.2 Å². The number of nitriles is 1. The molecule has 110 valence electrons. The number of nitrogens with zero attached hydrogens (tertiary/aromatic N) is 4. The minimum Gasteiger partial charge on any atom is -0.351 e. The van der Waals surface area contributed by atoms with E-state index in [4.69, 9.17) is 5.26 Å². The van der Waals surface area contributed by atoms with Gasteiger partial charge in [-0.1, -0.05) is 0 Å². The first-order chi connectivity index (χ1) is 10.1. The molecule has 1 aromatic rings. The van der Waals surface area contributed by atoms with E-state index < -0.39 is 4.92 Å². The Balaban J connectivity index is 1.93. The second kappa shape index (κ2) is 5.30. The van der Waals surface area contributed by atoms with E-state index >= 15 is 0 Å². The smallest absolute Gasteiger partial charge is 0.329 e. The van der Waals surface area contributed by atoms with Gasteiger partial charge in [0, 0.05) is 31.4 Å². The number of hydrogen-bond donors (Lipinski definition) is 1. The number of piperidine rings is 1. The van der Waals surface area contributed by atoms with Crippen LogP contribution in [0.4, 0.5) is 11.5 Å². The summed E-state index contributed by atoms with van der Waals surface area (Å²) in [6, 6.07) is 4.49. The second-order valence-electron chi connectivity index (χ2n) is 5.77. The van der Waals surface area contributed by atoms with Crippen molar-refractivity contribution in [3.05, 3.63) is 27.9 Å². The summed E-state index contributed by atoms with van der Waals surface area (Å²) in [5.41, 5.74) is -0.123. The molecule has 3 rings (SSSR count). The molecule has 7 nitrogen and oxygen atoms in total. The summed E-state index contributed by atoms with van der Waals surface area (Å²) in [5.74, 6) is 0.297. The third-order valence-corrected chi connectivity index (χ3v) is 4.54. The number of nitro groups is 1. The standard InChI is InChI=1S/C14H17N5O2/c1-18(12-6-10-2-3-11(7-12)17-10)14-13(19(20)21)9(8-15)4-5-16-14/h4-5,10-12,17H,2-3,6-7H2,1H3. The highest BCUT2D eigenvalue weighted by Gasteiger charge is 2.37. The van der Waals surface area contributed by atoms with E-state index in [1.807, 2.05) is 18.0 Å². The highest BCUT2D eigenvalue weighted by atomic mass is 16.6. The third kappa shape index (κ3) is 2.43. The number of aromatic nitrogens is 1. The van der Waals surface area contributed by atoms with Crippen LogP contribution >= 0.6 is 0 Å². The van der Waals surface area contributed by atoms with Crippen molar-refractivity contribution < 1.29 is 4.92 Å². The van der Waals surface area contributed by atoms with Gasteiger partial charge in [0.05, 0.1) is 4.92 Å². The molecule has 2 aliphatic rings. The van der Waals surface area contributed by atoms with E-state index in [1.165, 1.54) is 25.1 Å². The van der Waals surface area contributed by atoms with Gasteiger partial charge >= 0.3 is 5.69 Å². The minimum atomic E-state index is -0.507. The minimum absolute atomic E-state index is 0.0637. The Kier molecular flexibility index (Phi) is 3.47. The fraction of sp³-hybridized carbons (Fsp3) is 0.571. The molecule has 2 fully saturated rings. The number of fused-ring (bicyclic) bond motifs is 2. The summed E-state index contributed by atoms with van der Waals surface area (Å²) in [6.45, 7) is 0. The van der Waals surface area contributed by atoms with Crippen molar-refractivity contribution in [2.24, 2.45) is 0 Å². The molecule has 1 N–H and O–H groups in total. The molecule has 0 spiro atoms. The van der Waals surface area contributed by atoms with Crippen molar-refractivity contribution in [1.29, 1.82) is 5.26 Å². The van der Waals surface area contributed by atoms with Crippen molar-refractivity contribution in [2.75, 3.05) is 11.9 Å². The van der Waals surface area contributed by atoms with Crippen LogP contribution in [0.25, 0.3) is 0 Å². The zero-order chi connectivity index (χ0) is 15.0. The molecule has 0 aromatic carbocycles. The first-order valence-corrected chi connectivity index (χ1v) is 7.12. The monoisotopic (exact) mass is 287 g/mol. The highest BCUT2D eigenvalue weighted by molar-refractivity contribution is 5.65. The fourth-order valence-corrected chi connectivity index (χ4v) is 3.49. The molecule has 1 aromatic heterocycles. The van der Waals surface area contributed by atoms with Gasteiger partial charge in [0.25, 0.3) is 0 Å². The van der Waals surface area contributed by atoms with E-state index in [0.29, 0.717) is 17.9 Å². The van der Waals surface area contributed by atoms with Crippen molar-refractivity contribution >= 4 is 11.5 Å². The largest absolute Gasteiger partial charge is 0.351 e. The maximum atomic E-state index is 11.3. The molecular weight excluding hydrogens is 270 g/mol. The summed E-state index contributed by atoms with van der Waals surface area (Å²) < 4.78 is 0. The van der Waals surface area contributed by atoms with Gasteiger partial charge in [-0.2, -0.15) is 5.26 Å². The first-order valence-electron chi connectivity index (χ1n) is 7.12. The Morgan fingerprint density at radius 1 is 1.48 bits per heavy atom. The Morgan fingerprint density at radius 2 is 2.14 bits per heavy atom. The number of anilines is 1. The van der Waals surface area contributed by atoms with E-state index in [0.717, 1.165) is 12.8 Å². The summed E-state index contributed by atoms with van der Waals surface area (Å²) in [7, 11) is 1.84. The van der Waals surface area contributed by atoms with Crippen LogP contribution in [0, 0.1) is 21.4 Å². The van der Waals surface area contributed by atoms with E-state index in [2.05, 4.69) is 10.3 Å². The molecule has 2 atom stereocenters. The number of nitrogens with one attached hydrogen (secondary N) is 1. The summed E-state index contributed by atoms with van der Waals surface area (Å²) >= 11 is 0. The average Bonchev–Trinajstić information content (AvgIpc) is 2.83. The van der Waals surface area contributed by atoms with Crippen LogP contribution in [0.5, 0.6) is 0 Å². The molecular formula is C14H17N5O2. The molecule has 0 aliphatic carbocycles. The van der Waals surface area contributed by atoms with Gasteiger partial charge in [0.1, 0.15) is 11.6 Å². The predicted octanol–water partition coefficient (Wildman–Crippen LogP) is 1.58. The summed E-state index contributed by atoms with van der Waals surface area (Å²) in [6.07, 6.45) is 5.73. The Bertz CT molecular complexity index is 600. The molecule has 3 heterocycles. The van der Waals surface area contributed by atoms with Gasteiger partial charge in [-0.3, -0.25) is 10.1 Å². The van der Waals surface area contributed by atoms with Crippen molar-refractivity contribution in [3.63, 3.8) is 0 Å². The molecule has 0 amide bonds. The van der Waals surface area contributed by atoms with Crippen molar-refractivity contribution in [3.8, 4) is 6.07 Å². The van der Waals surface area contributed by atoms with Gasteiger partial charge in [0.2, 0.25) is 5.82 Å². The summed E-state index contributed by atoms with van der Waals surface area (Å²) in [4.78, 5) is 16.8. The van der Waals surface area contributed by atoms with Crippen LogP contribution in [-0.2, 0) is 0 Å². The third-order valence-electron chi connectivity index (χ3n) is 4.54. The van der Waals surface area contributed by atoms with Crippen molar-refractivity contribution in [1.82, 2.24) is 10.3 Å². The molecule has 2 unspecified atom stereocenters. The van der Waals surface area contributed by atoms with Crippen LogP contribution in [0.2, 0.25) is 0 Å². The Morgan fingerprint density at radius 3 is 2.71 bits per heavy atom. The van der Waals surface area contributed by atoms with E-state index in [-0.39, 0.29) is 17.3 Å². The van der Waals surface area contributed by atoms with Crippen LogP contribution < -0.4 is 10.2 Å². The molecule has 21 heavy (non-hydrogen) atoms. The van der Waals surface area contributed by atoms with Gasteiger partial charge < -0.3 is 10.2 Å². The Labute approximate surface area is 122 Å². The average molecular weight is 287 g/mol. The topological polar surface area (TPSA) is 95.1 Å². The number of rotatable bonds is 3. The quantitative estimate of drug-likeness (QED) is 0.670. The van der Waals surface area contributed by atoms with Crippen LogP contribution in [-0.4, -0.2) is 35.1 Å². The lowest BCUT2D eigenvalue weighted by Crippen LogP contribution is -2.47. The van der Waals surface area contributed by atoms with Gasteiger partial charge in [-0.25, -0.2) is 4.98 Å². The fourth-order valence-electron chi connectivity index (χ4n) is 3.49. The zero-order valence-corrected chi connectivity index (χ0v) is 11.8. The molecule has 2 saturated heterocycles. The van der Waals surface area contributed by atoms with E-state index in [1.54, 1.807) is 0 Å². The number of hydrogen-bond acceptors (Lipinski definition) is 6. The lowest BCUT2D eigenvalue weighted by Gasteiger charge is -2.35. The second-order valence-corrected chi connectivity index (χ2v) is 5.77. The molecule has 0 saturated carbocycles. The first kappa shape index (κ1) is 13.8. The van der Waals surface area contributed by atoms with Gasteiger partial charge in [-0.05, 0) is 31.7 Å². The van der Waals surface area contributed by atoms with E-state index in [9.17, 15) is 10.1 Å². The molecule has 2 aliphatic heterocycles. The highest BCUT2D eigenvalue weighted by Crippen LogP contribution is 2.35.